The molecule has 0 amide bonds. The number of benzene rings is 4. The van der Waals surface area contributed by atoms with E-state index in [9.17, 15) is 0 Å². The van der Waals surface area contributed by atoms with E-state index in [4.69, 9.17) is 9.47 Å². The lowest BCUT2D eigenvalue weighted by Crippen LogP contribution is -2.47. The van der Waals surface area contributed by atoms with Crippen LogP contribution in [0.15, 0.2) is 175 Å². The molecule has 5 unspecified atom stereocenters. The highest BCUT2D eigenvalue weighted by Crippen LogP contribution is 2.61. The number of fused-ring (bicyclic) bond motifs is 7. The zero-order chi connectivity index (χ0) is 34.6. The Morgan fingerprint density at radius 1 is 0.731 bits per heavy atom. The van der Waals surface area contributed by atoms with Crippen molar-refractivity contribution in [2.75, 3.05) is 7.05 Å². The number of nitrogens with zero attached hydrogens (tertiary/aromatic N) is 1. The third kappa shape index (κ3) is 4.92. The van der Waals surface area contributed by atoms with E-state index in [0.717, 1.165) is 76.6 Å². The Hall–Kier alpha value is -5.58. The summed E-state index contributed by atoms with van der Waals surface area (Å²) in [6.45, 7) is 0. The van der Waals surface area contributed by atoms with Crippen molar-refractivity contribution in [1.82, 2.24) is 10.2 Å². The molecule has 6 aliphatic rings. The van der Waals surface area contributed by atoms with Gasteiger partial charge in [-0.2, -0.15) is 0 Å². The number of hydrogen-bond donors (Lipinski definition) is 1. The van der Waals surface area contributed by atoms with Crippen molar-refractivity contribution in [3.05, 3.63) is 203 Å². The van der Waals surface area contributed by atoms with Gasteiger partial charge in [-0.15, -0.1) is 0 Å². The first-order valence-electron chi connectivity index (χ1n) is 18.7. The van der Waals surface area contributed by atoms with Gasteiger partial charge >= 0.3 is 0 Å². The van der Waals surface area contributed by atoms with Gasteiger partial charge in [0, 0.05) is 52.4 Å². The molecule has 0 radical (unpaired) electrons. The predicted molar refractivity (Wildman–Crippen MR) is 209 cm³/mol. The van der Waals surface area contributed by atoms with Crippen LogP contribution in [0.4, 0.5) is 0 Å². The van der Waals surface area contributed by atoms with Crippen LogP contribution >= 0.6 is 0 Å². The number of allylic oxidation sites excluding steroid dienone is 7. The molecular formula is C48H42N2O2. The lowest BCUT2D eigenvalue weighted by atomic mass is 9.60. The molecule has 0 saturated heterocycles. The predicted octanol–water partition coefficient (Wildman–Crippen LogP) is 10.5. The van der Waals surface area contributed by atoms with Crippen LogP contribution < -0.4 is 14.8 Å². The summed E-state index contributed by atoms with van der Waals surface area (Å²) in [5, 5.41) is 3.77. The first-order chi connectivity index (χ1) is 25.7. The zero-order valence-corrected chi connectivity index (χ0v) is 29.4. The lowest BCUT2D eigenvalue weighted by molar-refractivity contribution is 0.174. The van der Waals surface area contributed by atoms with E-state index in [1.54, 1.807) is 0 Å². The molecule has 52 heavy (non-hydrogen) atoms. The fourth-order valence-electron chi connectivity index (χ4n) is 9.42. The molecule has 0 bridgehead atoms. The van der Waals surface area contributed by atoms with Gasteiger partial charge in [-0.25, -0.2) is 0 Å². The SMILES string of the molecule is CN1C(C2=CCCC=C2)CC=CC1C1C=CC2=C(C1)Oc1ccccc1C21c2ccccc2Oc2cc(C3C=CC=C(c4ccccc4)N3)ccc21. The Morgan fingerprint density at radius 2 is 1.50 bits per heavy atom. The zero-order valence-electron chi connectivity index (χ0n) is 29.4. The number of nitrogens with one attached hydrogen (secondary N) is 1. The maximum atomic E-state index is 6.96. The van der Waals surface area contributed by atoms with Crippen molar-refractivity contribution in [3.63, 3.8) is 0 Å². The normalized spacial score (nSPS) is 26.9. The number of ether oxygens (including phenoxy) is 2. The number of hydrogen-bond acceptors (Lipinski definition) is 4. The van der Waals surface area contributed by atoms with Crippen LogP contribution in [0, 0.1) is 5.92 Å². The summed E-state index contributed by atoms with van der Waals surface area (Å²) in [5.41, 5.74) is 8.95. The molecule has 0 saturated carbocycles. The average molecular weight is 679 g/mol. The monoisotopic (exact) mass is 678 g/mol. The minimum Gasteiger partial charge on any atom is -0.461 e. The van der Waals surface area contributed by atoms with E-state index in [0.29, 0.717) is 6.04 Å². The van der Waals surface area contributed by atoms with Crippen molar-refractivity contribution in [2.45, 2.75) is 49.2 Å². The maximum absolute atomic E-state index is 6.96. The Morgan fingerprint density at radius 3 is 2.31 bits per heavy atom. The summed E-state index contributed by atoms with van der Waals surface area (Å²) >= 11 is 0. The minimum atomic E-state index is -0.589. The second-order valence-corrected chi connectivity index (χ2v) is 14.7. The fourth-order valence-corrected chi connectivity index (χ4v) is 9.42. The Labute approximate surface area is 306 Å². The van der Waals surface area contributed by atoms with Gasteiger partial charge in [0.15, 0.2) is 0 Å². The Bertz CT molecular complexity index is 2290. The van der Waals surface area contributed by atoms with Gasteiger partial charge in [0.2, 0.25) is 0 Å². The van der Waals surface area contributed by atoms with Gasteiger partial charge in [0.05, 0.1) is 11.5 Å². The van der Waals surface area contributed by atoms with Crippen LogP contribution in [0.25, 0.3) is 5.70 Å². The third-order valence-electron chi connectivity index (χ3n) is 11.9. The highest BCUT2D eigenvalue weighted by molar-refractivity contribution is 5.75. The van der Waals surface area contributed by atoms with Gasteiger partial charge in [-0.3, -0.25) is 4.90 Å². The van der Waals surface area contributed by atoms with E-state index >= 15 is 0 Å². The topological polar surface area (TPSA) is 33.7 Å². The number of likely N-dealkylation sites (N-methyl/N-ethyl adjacent to an activating group) is 1. The number of para-hydroxylation sites is 2. The molecule has 0 fully saturated rings. The van der Waals surface area contributed by atoms with Crippen molar-refractivity contribution >= 4 is 5.70 Å². The van der Waals surface area contributed by atoms with E-state index in [1.807, 2.05) is 0 Å². The summed E-state index contributed by atoms with van der Waals surface area (Å²) in [4.78, 5) is 2.58. The summed E-state index contributed by atoms with van der Waals surface area (Å²) < 4.78 is 13.8. The standard InChI is InChI=1S/C48H42N2O2/c1-50-42(33-16-6-3-7-17-33)22-13-23-43(50)35-27-29-39-47(31-35)52-45-25-11-9-19-37(45)48(39)36-18-8-10-24-44(36)51-46-30-34(26-28-38(46)48)41-21-12-20-40(49-41)32-14-4-2-5-15-32/h2,4-6,8-21,23-30,35,41-43,49H,3,7,22,31H2,1H3. The third-order valence-corrected chi connectivity index (χ3v) is 11.9. The highest BCUT2D eigenvalue weighted by Gasteiger charge is 2.52. The minimum absolute atomic E-state index is 0.0125. The number of dihydropyridines is 1. The van der Waals surface area contributed by atoms with E-state index in [1.165, 1.54) is 16.7 Å². The van der Waals surface area contributed by atoms with Gasteiger partial charge in [-0.1, -0.05) is 134 Å². The van der Waals surface area contributed by atoms with Crippen LogP contribution in [0.3, 0.4) is 0 Å². The summed E-state index contributed by atoms with van der Waals surface area (Å²) in [5.74, 6) is 4.02. The number of rotatable bonds is 4. The highest BCUT2D eigenvalue weighted by atomic mass is 16.5. The van der Waals surface area contributed by atoms with Crippen LogP contribution in [-0.2, 0) is 5.41 Å². The molecule has 4 heterocycles. The molecular weight excluding hydrogens is 637 g/mol. The summed E-state index contributed by atoms with van der Waals surface area (Å²) in [7, 11) is 2.30. The van der Waals surface area contributed by atoms with Crippen LogP contribution in [0.1, 0.15) is 59.5 Å². The lowest BCUT2D eigenvalue weighted by Gasteiger charge is -2.48. The molecule has 4 aromatic carbocycles. The second kappa shape index (κ2) is 12.6. The molecule has 1 N–H and O–H groups in total. The molecule has 0 aromatic heterocycles. The van der Waals surface area contributed by atoms with Crippen molar-refractivity contribution < 1.29 is 9.47 Å². The molecule has 2 aliphatic carbocycles. The van der Waals surface area contributed by atoms with Crippen molar-refractivity contribution in [2.24, 2.45) is 5.92 Å². The van der Waals surface area contributed by atoms with Gasteiger partial charge < -0.3 is 14.8 Å². The quantitative estimate of drug-likeness (QED) is 0.218. The summed E-state index contributed by atoms with van der Waals surface area (Å²) in [6.07, 6.45) is 27.4. The van der Waals surface area contributed by atoms with E-state index in [-0.39, 0.29) is 18.0 Å². The van der Waals surface area contributed by atoms with Gasteiger partial charge in [0.1, 0.15) is 23.0 Å². The largest absolute Gasteiger partial charge is 0.461 e. The Kier molecular flexibility index (Phi) is 7.54. The molecule has 10 rings (SSSR count). The first kappa shape index (κ1) is 31.2. The second-order valence-electron chi connectivity index (χ2n) is 14.7. The molecule has 4 aromatic rings. The van der Waals surface area contributed by atoms with Crippen LogP contribution in [-0.4, -0.2) is 24.0 Å². The molecule has 5 atom stereocenters. The van der Waals surface area contributed by atoms with Gasteiger partial charge in [0.25, 0.3) is 0 Å². The maximum Gasteiger partial charge on any atom is 0.132 e. The summed E-state index contributed by atoms with van der Waals surface area (Å²) in [6, 6.07) is 35.2. The molecule has 4 heteroatoms. The van der Waals surface area contributed by atoms with Crippen molar-refractivity contribution in [1.29, 1.82) is 0 Å². The van der Waals surface area contributed by atoms with Gasteiger partial charge in [-0.05, 0) is 67.3 Å². The van der Waals surface area contributed by atoms with E-state index in [2.05, 4.69) is 175 Å². The molecule has 256 valence electrons. The molecule has 4 aliphatic heterocycles. The molecule has 1 spiro atoms. The van der Waals surface area contributed by atoms with E-state index < -0.39 is 5.41 Å². The first-order valence-corrected chi connectivity index (χ1v) is 18.7. The average Bonchev–Trinajstić information content (AvgIpc) is 3.21. The Balaban J connectivity index is 1.06. The van der Waals surface area contributed by atoms with Crippen LogP contribution in [0.5, 0.6) is 17.2 Å². The van der Waals surface area contributed by atoms with Crippen LogP contribution in [0.2, 0.25) is 0 Å². The van der Waals surface area contributed by atoms with Crippen molar-refractivity contribution in [3.8, 4) is 17.2 Å². The molecule has 4 nitrogen and oxygen atoms in total. The smallest absolute Gasteiger partial charge is 0.132 e. The fraction of sp³-hybridized carbons (Fsp3) is 0.208.